The van der Waals surface area contributed by atoms with Crippen molar-refractivity contribution in [2.75, 3.05) is 86.4 Å². The molecule has 4 saturated heterocycles. The normalized spacial score (nSPS) is 27.4. The van der Waals surface area contributed by atoms with Gasteiger partial charge in [-0.25, -0.2) is 0 Å². The first-order chi connectivity index (χ1) is 27.8. The van der Waals surface area contributed by atoms with Gasteiger partial charge in [-0.3, -0.25) is 29.0 Å². The van der Waals surface area contributed by atoms with Crippen LogP contribution in [0.2, 0.25) is 0 Å². The predicted molar refractivity (Wildman–Crippen MR) is 212 cm³/mol. The van der Waals surface area contributed by atoms with Crippen molar-refractivity contribution >= 4 is 52.5 Å². The molecule has 0 spiro atoms. The summed E-state index contributed by atoms with van der Waals surface area (Å²) >= 11 is 0. The Labute approximate surface area is 331 Å². The van der Waals surface area contributed by atoms with Crippen molar-refractivity contribution in [3.8, 4) is 17.2 Å². The van der Waals surface area contributed by atoms with Crippen LogP contribution in [0.1, 0.15) is 18.4 Å². The number of phenols is 1. The number of morpholine rings is 2. The molecule has 4 aliphatic heterocycles. The lowest BCUT2D eigenvalue weighted by Gasteiger charge is -2.42. The van der Waals surface area contributed by atoms with Crippen LogP contribution in [0.25, 0.3) is 6.08 Å². The number of amides is 4. The first-order valence-corrected chi connectivity index (χ1v) is 19.7. The first-order valence-electron chi connectivity index (χ1n) is 19.7. The third-order valence-corrected chi connectivity index (χ3v) is 12.7. The number of benzene rings is 3. The third-order valence-electron chi connectivity index (χ3n) is 12.7. The predicted octanol–water partition coefficient (Wildman–Crippen LogP) is 4.67. The summed E-state index contributed by atoms with van der Waals surface area (Å²) in [6.07, 6.45) is 6.41. The van der Waals surface area contributed by atoms with E-state index in [0.29, 0.717) is 49.8 Å². The molecule has 3 aromatic carbocycles. The van der Waals surface area contributed by atoms with Gasteiger partial charge in [-0.05, 0) is 85.0 Å². The Morgan fingerprint density at radius 2 is 1.11 bits per heavy atom. The summed E-state index contributed by atoms with van der Waals surface area (Å²) < 4.78 is 21.8. The van der Waals surface area contributed by atoms with Crippen LogP contribution in [0.3, 0.4) is 0 Å². The van der Waals surface area contributed by atoms with Gasteiger partial charge in [-0.1, -0.05) is 23.8 Å². The molecule has 5 fully saturated rings. The van der Waals surface area contributed by atoms with E-state index in [9.17, 15) is 24.3 Å². The minimum absolute atomic E-state index is 0.132. The monoisotopic (exact) mass is 774 g/mol. The van der Waals surface area contributed by atoms with Crippen LogP contribution in [-0.4, -0.2) is 95.6 Å². The number of allylic oxidation sites excluding steroid dienone is 3. The highest BCUT2D eigenvalue weighted by Crippen LogP contribution is 2.56. The van der Waals surface area contributed by atoms with E-state index < -0.39 is 35.5 Å². The Kier molecular flexibility index (Phi) is 9.73. The van der Waals surface area contributed by atoms with Crippen LogP contribution < -0.4 is 29.1 Å². The molecule has 0 unspecified atom stereocenters. The Hall–Kier alpha value is -5.66. The molecular weight excluding hydrogens is 729 g/mol. The molecule has 2 aliphatic carbocycles. The van der Waals surface area contributed by atoms with E-state index in [1.807, 2.05) is 66.8 Å². The quantitative estimate of drug-likeness (QED) is 0.253. The summed E-state index contributed by atoms with van der Waals surface area (Å²) in [6.45, 7) is 5.62. The van der Waals surface area contributed by atoms with Crippen molar-refractivity contribution in [3.05, 3.63) is 84.0 Å². The summed E-state index contributed by atoms with van der Waals surface area (Å²) in [4.78, 5) is 64.9. The smallest absolute Gasteiger partial charge is 0.238 e. The SMILES string of the molecule is COc1cc(C=C[C@H]2C3=CC[C@@H]4C(=O)N(c5ccc(N6CCOCC6)cc5)C(=O)[C@@H]4[C@@H]3C[C@H]3C(=O)N(c4ccc(N5CCOCC5)cc4)C(=O)[C@@H]23)cc(OC)c1O. The van der Waals surface area contributed by atoms with Crippen molar-refractivity contribution in [1.29, 1.82) is 0 Å². The number of carbonyl (C=O) groups is 4. The molecule has 1 N–H and O–H groups in total. The minimum Gasteiger partial charge on any atom is -0.502 e. The van der Waals surface area contributed by atoms with Crippen molar-refractivity contribution < 1.29 is 43.2 Å². The van der Waals surface area contributed by atoms with Crippen LogP contribution in [0.15, 0.2) is 78.4 Å². The number of fused-ring (bicyclic) bond motifs is 4. The highest BCUT2D eigenvalue weighted by molar-refractivity contribution is 6.24. The van der Waals surface area contributed by atoms with E-state index in [1.54, 1.807) is 12.1 Å². The van der Waals surface area contributed by atoms with Crippen LogP contribution >= 0.6 is 0 Å². The third kappa shape index (κ3) is 6.33. The fourth-order valence-corrected chi connectivity index (χ4v) is 9.85. The van der Waals surface area contributed by atoms with Crippen LogP contribution in [-0.2, 0) is 28.7 Å². The average molecular weight is 775 g/mol. The molecule has 4 amide bonds. The highest BCUT2D eigenvalue weighted by Gasteiger charge is 2.61. The number of anilines is 4. The molecule has 6 atom stereocenters. The van der Waals surface area contributed by atoms with Gasteiger partial charge in [-0.15, -0.1) is 0 Å². The number of aromatic hydroxyl groups is 1. The lowest BCUT2D eigenvalue weighted by Crippen LogP contribution is -2.43. The topological polar surface area (TPSA) is 138 Å². The van der Waals surface area contributed by atoms with E-state index >= 15 is 0 Å². The van der Waals surface area contributed by atoms with Gasteiger partial charge in [0.15, 0.2) is 11.5 Å². The summed E-state index contributed by atoms with van der Waals surface area (Å²) in [5, 5.41) is 10.6. The number of hydrogen-bond acceptors (Lipinski definition) is 11. The molecule has 13 heteroatoms. The molecule has 296 valence electrons. The molecule has 4 heterocycles. The minimum atomic E-state index is -0.719. The van der Waals surface area contributed by atoms with Crippen molar-refractivity contribution in [3.63, 3.8) is 0 Å². The summed E-state index contributed by atoms with van der Waals surface area (Å²) in [6, 6.07) is 18.4. The molecule has 6 aliphatic rings. The van der Waals surface area contributed by atoms with Gasteiger partial charge in [0.2, 0.25) is 29.4 Å². The van der Waals surface area contributed by atoms with Crippen LogP contribution in [0, 0.1) is 35.5 Å². The molecular formula is C44H46N4O9. The number of methoxy groups -OCH3 is 2. The summed E-state index contributed by atoms with van der Waals surface area (Å²) in [5.74, 6) is -4.45. The molecule has 0 radical (unpaired) electrons. The molecule has 0 aromatic heterocycles. The van der Waals surface area contributed by atoms with E-state index in [4.69, 9.17) is 18.9 Å². The standard InChI is InChI=1S/C44H46N4O9/c1-54-36-23-26(24-37(55-2)40(36)49)3-12-32-31-13-14-33-39(44(53)47(41(33)50)29-8-4-27(5-9-29)45-15-19-56-20-16-45)34(31)25-35-38(32)43(52)48(42(35)51)30-10-6-28(7-11-30)46-17-21-57-22-18-46/h3-13,23-24,32-35,38-39,49H,14-22,25H2,1-2H3/t32-,33-,34+,35+,38-,39-/m0/s1. The second kappa shape index (κ2) is 15.0. The average Bonchev–Trinajstić information content (AvgIpc) is 3.66. The van der Waals surface area contributed by atoms with Gasteiger partial charge in [0, 0.05) is 43.5 Å². The van der Waals surface area contributed by atoms with Gasteiger partial charge < -0.3 is 33.9 Å². The van der Waals surface area contributed by atoms with Gasteiger partial charge in [0.05, 0.1) is 75.7 Å². The van der Waals surface area contributed by atoms with E-state index in [-0.39, 0.29) is 47.3 Å². The number of rotatable bonds is 8. The Balaban J connectivity index is 1.05. The zero-order valence-electron chi connectivity index (χ0n) is 32.0. The molecule has 13 nitrogen and oxygen atoms in total. The largest absolute Gasteiger partial charge is 0.502 e. The number of imide groups is 2. The maximum absolute atomic E-state index is 14.6. The van der Waals surface area contributed by atoms with Crippen LogP contribution in [0.5, 0.6) is 17.2 Å². The lowest BCUT2D eigenvalue weighted by molar-refractivity contribution is -0.126. The fraction of sp³-hybridized carbons (Fsp3) is 0.409. The van der Waals surface area contributed by atoms with E-state index in [2.05, 4.69) is 9.80 Å². The molecule has 0 bridgehead atoms. The summed E-state index contributed by atoms with van der Waals surface area (Å²) in [7, 11) is 2.91. The molecule has 9 rings (SSSR count). The maximum atomic E-state index is 14.6. The van der Waals surface area contributed by atoms with Crippen molar-refractivity contribution in [2.24, 2.45) is 35.5 Å². The second-order valence-corrected chi connectivity index (χ2v) is 15.5. The molecule has 3 aromatic rings. The van der Waals surface area contributed by atoms with E-state index in [0.717, 1.165) is 43.1 Å². The Morgan fingerprint density at radius 3 is 1.61 bits per heavy atom. The number of hydrogen-bond donors (Lipinski definition) is 1. The van der Waals surface area contributed by atoms with Gasteiger partial charge in [0.1, 0.15) is 0 Å². The fourth-order valence-electron chi connectivity index (χ4n) is 9.85. The van der Waals surface area contributed by atoms with Crippen molar-refractivity contribution in [1.82, 2.24) is 0 Å². The Bertz CT molecular complexity index is 2110. The Morgan fingerprint density at radius 1 is 0.632 bits per heavy atom. The van der Waals surface area contributed by atoms with Crippen molar-refractivity contribution in [2.45, 2.75) is 12.8 Å². The van der Waals surface area contributed by atoms with Gasteiger partial charge in [-0.2, -0.15) is 0 Å². The molecule has 1 saturated carbocycles. The number of nitrogens with zero attached hydrogens (tertiary/aromatic N) is 4. The van der Waals surface area contributed by atoms with E-state index in [1.165, 1.54) is 24.0 Å². The lowest BCUT2D eigenvalue weighted by atomic mass is 9.58. The van der Waals surface area contributed by atoms with Crippen LogP contribution in [0.4, 0.5) is 22.7 Å². The zero-order chi connectivity index (χ0) is 39.4. The zero-order valence-corrected chi connectivity index (χ0v) is 32.0. The second-order valence-electron chi connectivity index (χ2n) is 15.5. The maximum Gasteiger partial charge on any atom is 0.238 e. The number of carbonyl (C=O) groups excluding carboxylic acids is 4. The first kappa shape index (κ1) is 36.9. The van der Waals surface area contributed by atoms with Gasteiger partial charge >= 0.3 is 0 Å². The molecule has 57 heavy (non-hydrogen) atoms. The number of ether oxygens (including phenoxy) is 4. The number of phenolic OH excluding ortho intramolecular Hbond substituents is 1. The summed E-state index contributed by atoms with van der Waals surface area (Å²) in [5.41, 5.74) is 4.57. The highest BCUT2D eigenvalue weighted by atomic mass is 16.5. The van der Waals surface area contributed by atoms with Gasteiger partial charge in [0.25, 0.3) is 0 Å².